The Labute approximate surface area is 149 Å². The zero-order valence-electron chi connectivity index (χ0n) is 14.9. The van der Waals surface area contributed by atoms with E-state index in [0.717, 1.165) is 6.07 Å². The molecule has 2 bridgehead atoms. The summed E-state index contributed by atoms with van der Waals surface area (Å²) in [6, 6.07) is 2.84. The van der Waals surface area contributed by atoms with Crippen molar-refractivity contribution < 1.29 is 27.1 Å². The minimum absolute atomic E-state index is 0.0411. The van der Waals surface area contributed by atoms with Crippen molar-refractivity contribution in [3.8, 4) is 0 Å². The summed E-state index contributed by atoms with van der Waals surface area (Å²) < 4.78 is 58.7. The maximum atomic E-state index is 14.4. The highest BCUT2D eigenvalue weighted by Gasteiger charge is 2.42. The highest BCUT2D eigenvalue weighted by molar-refractivity contribution is 5.75. The van der Waals surface area contributed by atoms with Gasteiger partial charge in [-0.3, -0.25) is 4.90 Å². The highest BCUT2D eigenvalue weighted by atomic mass is 19.4. The second kappa shape index (κ2) is 6.28. The van der Waals surface area contributed by atoms with Crippen molar-refractivity contribution in [1.29, 1.82) is 0 Å². The summed E-state index contributed by atoms with van der Waals surface area (Å²) in [4.78, 5) is 14.0. The van der Waals surface area contributed by atoms with E-state index in [9.17, 15) is 22.4 Å². The number of ether oxygens (including phenoxy) is 1. The Balaban J connectivity index is 1.90. The van der Waals surface area contributed by atoms with Crippen molar-refractivity contribution in [3.63, 3.8) is 0 Å². The predicted molar refractivity (Wildman–Crippen MR) is 88.9 cm³/mol. The van der Waals surface area contributed by atoms with Crippen LogP contribution in [0, 0.1) is 5.82 Å². The summed E-state index contributed by atoms with van der Waals surface area (Å²) >= 11 is 0. The van der Waals surface area contributed by atoms with Gasteiger partial charge in [-0.2, -0.15) is 13.2 Å². The summed E-state index contributed by atoms with van der Waals surface area (Å²) in [5.41, 5.74) is -1.42. The molecule has 1 fully saturated rings. The van der Waals surface area contributed by atoms with Crippen LogP contribution in [0.5, 0.6) is 0 Å². The van der Waals surface area contributed by atoms with Gasteiger partial charge in [-0.1, -0.05) is 18.2 Å². The van der Waals surface area contributed by atoms with Gasteiger partial charge in [0.25, 0.3) is 0 Å². The first-order valence-corrected chi connectivity index (χ1v) is 8.55. The molecule has 3 nitrogen and oxygen atoms in total. The molecule has 26 heavy (non-hydrogen) atoms. The molecule has 142 valence electrons. The molecule has 1 saturated heterocycles. The van der Waals surface area contributed by atoms with Crippen LogP contribution in [-0.4, -0.2) is 28.7 Å². The molecule has 2 aliphatic heterocycles. The minimum atomic E-state index is -4.74. The Morgan fingerprint density at radius 2 is 1.88 bits per heavy atom. The first-order chi connectivity index (χ1) is 12.0. The molecule has 2 unspecified atom stereocenters. The Hall–Kier alpha value is -2.05. The molecule has 2 aliphatic rings. The van der Waals surface area contributed by atoms with Gasteiger partial charge < -0.3 is 4.74 Å². The molecular weight excluding hydrogens is 350 g/mol. The SMILES string of the molecule is CC(C)(C)OC(=O)N1C2C=C(c3cccc(C(F)(F)F)c3F)CC1CC2. The predicted octanol–water partition coefficient (Wildman–Crippen LogP) is 5.40. The smallest absolute Gasteiger partial charge is 0.419 e. The quantitative estimate of drug-likeness (QED) is 0.619. The van der Waals surface area contributed by atoms with E-state index in [-0.39, 0.29) is 17.6 Å². The number of halogens is 4. The van der Waals surface area contributed by atoms with E-state index in [0.29, 0.717) is 24.8 Å². The van der Waals surface area contributed by atoms with Crippen molar-refractivity contribution in [1.82, 2.24) is 4.90 Å². The molecule has 0 radical (unpaired) electrons. The Morgan fingerprint density at radius 3 is 2.46 bits per heavy atom. The van der Waals surface area contributed by atoms with Crippen molar-refractivity contribution in [2.24, 2.45) is 0 Å². The van der Waals surface area contributed by atoms with Gasteiger partial charge in [0.15, 0.2) is 0 Å². The molecule has 1 aromatic rings. The number of rotatable bonds is 1. The lowest BCUT2D eigenvalue weighted by Gasteiger charge is -2.35. The maximum Gasteiger partial charge on any atom is 0.419 e. The van der Waals surface area contributed by atoms with Gasteiger partial charge in [0, 0.05) is 11.6 Å². The normalized spacial score (nSPS) is 23.0. The van der Waals surface area contributed by atoms with Crippen LogP contribution in [-0.2, 0) is 10.9 Å². The first kappa shape index (κ1) is 18.7. The van der Waals surface area contributed by atoms with Gasteiger partial charge in [-0.05, 0) is 51.7 Å². The van der Waals surface area contributed by atoms with Crippen LogP contribution in [0.2, 0.25) is 0 Å². The second-order valence-electron chi connectivity index (χ2n) is 7.75. The van der Waals surface area contributed by atoms with E-state index >= 15 is 0 Å². The van der Waals surface area contributed by atoms with Gasteiger partial charge in [-0.15, -0.1) is 0 Å². The molecule has 1 aromatic carbocycles. The number of alkyl halides is 3. The summed E-state index contributed by atoms with van der Waals surface area (Å²) in [6.07, 6.45) is -1.76. The number of hydrogen-bond acceptors (Lipinski definition) is 2. The molecule has 2 heterocycles. The summed E-state index contributed by atoms with van der Waals surface area (Å²) in [7, 11) is 0. The molecule has 0 saturated carbocycles. The fraction of sp³-hybridized carbons (Fsp3) is 0.526. The Bertz CT molecular complexity index is 749. The minimum Gasteiger partial charge on any atom is -0.444 e. The number of nitrogens with zero attached hydrogens (tertiary/aromatic N) is 1. The van der Waals surface area contributed by atoms with Gasteiger partial charge in [0.2, 0.25) is 0 Å². The molecule has 0 N–H and O–H groups in total. The number of fused-ring (bicyclic) bond motifs is 2. The largest absolute Gasteiger partial charge is 0.444 e. The van der Waals surface area contributed by atoms with E-state index in [1.807, 2.05) is 0 Å². The fourth-order valence-corrected chi connectivity index (χ4v) is 3.63. The van der Waals surface area contributed by atoms with Crippen LogP contribution in [0.1, 0.15) is 51.2 Å². The number of carbonyl (C=O) groups excluding carboxylic acids is 1. The Morgan fingerprint density at radius 1 is 1.19 bits per heavy atom. The monoisotopic (exact) mass is 371 g/mol. The summed E-state index contributed by atoms with van der Waals surface area (Å²) in [5, 5.41) is 0. The third-order valence-electron chi connectivity index (χ3n) is 4.65. The van der Waals surface area contributed by atoms with Crippen LogP contribution in [0.15, 0.2) is 24.3 Å². The molecule has 0 aromatic heterocycles. The fourth-order valence-electron chi connectivity index (χ4n) is 3.63. The van der Waals surface area contributed by atoms with Crippen molar-refractivity contribution >= 4 is 11.7 Å². The maximum absolute atomic E-state index is 14.4. The van der Waals surface area contributed by atoms with E-state index in [1.165, 1.54) is 12.1 Å². The number of hydrogen-bond donors (Lipinski definition) is 0. The second-order valence-corrected chi connectivity index (χ2v) is 7.75. The number of carbonyl (C=O) groups is 1. The van der Waals surface area contributed by atoms with Crippen molar-refractivity contribution in [2.45, 2.75) is 63.9 Å². The van der Waals surface area contributed by atoms with Crippen molar-refractivity contribution in [2.75, 3.05) is 0 Å². The van der Waals surface area contributed by atoms with E-state index < -0.39 is 29.3 Å². The van der Waals surface area contributed by atoms with E-state index in [4.69, 9.17) is 4.74 Å². The van der Waals surface area contributed by atoms with Crippen molar-refractivity contribution in [3.05, 3.63) is 41.2 Å². The lowest BCUT2D eigenvalue weighted by molar-refractivity contribution is -0.140. The summed E-state index contributed by atoms with van der Waals surface area (Å²) in [5.74, 6) is -1.25. The molecule has 1 amide bonds. The third-order valence-corrected chi connectivity index (χ3v) is 4.65. The Kier molecular flexibility index (Phi) is 4.53. The van der Waals surface area contributed by atoms with Crippen LogP contribution in [0.25, 0.3) is 5.57 Å². The number of benzene rings is 1. The van der Waals surface area contributed by atoms with Crippen LogP contribution in [0.3, 0.4) is 0 Å². The van der Waals surface area contributed by atoms with E-state index in [1.54, 1.807) is 31.7 Å². The standard InChI is InChI=1S/C19H21F4NO2/c1-18(2,3)26-17(25)24-12-7-8-13(24)10-11(9-12)14-5-4-6-15(16(14)20)19(21,22)23/h4-6,9,12-13H,7-8,10H2,1-3H3. The zero-order valence-corrected chi connectivity index (χ0v) is 14.9. The lowest BCUT2D eigenvalue weighted by Crippen LogP contribution is -2.45. The zero-order chi connectivity index (χ0) is 19.3. The van der Waals surface area contributed by atoms with E-state index in [2.05, 4.69) is 0 Å². The molecule has 0 aliphatic carbocycles. The first-order valence-electron chi connectivity index (χ1n) is 8.55. The third kappa shape index (κ3) is 3.57. The molecule has 0 spiro atoms. The van der Waals surface area contributed by atoms with Crippen LogP contribution >= 0.6 is 0 Å². The molecule has 2 atom stereocenters. The lowest BCUT2D eigenvalue weighted by atomic mass is 9.93. The molecular formula is C19H21F4NO2. The summed E-state index contributed by atoms with van der Waals surface area (Å²) in [6.45, 7) is 5.32. The average Bonchev–Trinajstić information content (AvgIpc) is 2.75. The molecule has 7 heteroatoms. The van der Waals surface area contributed by atoms with Gasteiger partial charge in [0.1, 0.15) is 11.4 Å². The topological polar surface area (TPSA) is 29.5 Å². The van der Waals surface area contributed by atoms with Crippen LogP contribution in [0.4, 0.5) is 22.4 Å². The highest BCUT2D eigenvalue weighted by Crippen LogP contribution is 2.41. The number of amides is 1. The van der Waals surface area contributed by atoms with Gasteiger partial charge >= 0.3 is 12.3 Å². The van der Waals surface area contributed by atoms with Gasteiger partial charge in [-0.25, -0.2) is 9.18 Å². The average molecular weight is 371 g/mol. The molecule has 3 rings (SSSR count). The van der Waals surface area contributed by atoms with Crippen LogP contribution < -0.4 is 0 Å². The van der Waals surface area contributed by atoms with Gasteiger partial charge in [0.05, 0.1) is 11.6 Å².